The Morgan fingerprint density at radius 2 is 1.93 bits per heavy atom. The number of hydrogen-bond donors (Lipinski definition) is 2. The van der Waals surface area contributed by atoms with Gasteiger partial charge in [-0.15, -0.1) is 10.2 Å². The first-order chi connectivity index (χ1) is 13.9. The lowest BCUT2D eigenvalue weighted by atomic mass is 10.0. The molecule has 0 radical (unpaired) electrons. The second-order valence-corrected chi connectivity index (χ2v) is 8.29. The lowest BCUT2D eigenvalue weighted by Gasteiger charge is -2.30. The molecule has 6 nitrogen and oxygen atoms in total. The van der Waals surface area contributed by atoms with Crippen molar-refractivity contribution in [3.8, 4) is 17.0 Å². The number of aromatic hydroxyl groups is 1. The van der Waals surface area contributed by atoms with Gasteiger partial charge in [0, 0.05) is 48.7 Å². The monoisotopic (exact) mass is 391 g/mol. The van der Waals surface area contributed by atoms with Crippen LogP contribution in [0.15, 0.2) is 36.4 Å². The number of piperidine rings is 1. The summed E-state index contributed by atoms with van der Waals surface area (Å²) in [7, 11) is 6.22. The molecule has 152 valence electrons. The third-order valence-corrected chi connectivity index (χ3v) is 5.65. The van der Waals surface area contributed by atoms with Crippen LogP contribution in [0.1, 0.15) is 18.4 Å². The molecule has 29 heavy (non-hydrogen) atoms. The maximum absolute atomic E-state index is 10.5. The zero-order valence-corrected chi connectivity index (χ0v) is 17.6. The molecule has 2 aromatic carbocycles. The van der Waals surface area contributed by atoms with Crippen LogP contribution in [0.4, 0.5) is 11.5 Å². The quantitative estimate of drug-likeness (QED) is 0.704. The minimum absolute atomic E-state index is 0.229. The number of likely N-dealkylation sites (N-methyl/N-ethyl adjacent to an activating group) is 1. The van der Waals surface area contributed by atoms with E-state index in [1.165, 1.54) is 6.42 Å². The van der Waals surface area contributed by atoms with E-state index < -0.39 is 0 Å². The van der Waals surface area contributed by atoms with E-state index in [1.54, 1.807) is 6.07 Å². The van der Waals surface area contributed by atoms with E-state index in [0.717, 1.165) is 47.4 Å². The topological polar surface area (TPSA) is 64.5 Å². The highest BCUT2D eigenvalue weighted by molar-refractivity contribution is 6.02. The summed E-state index contributed by atoms with van der Waals surface area (Å²) in [5.74, 6) is 1.03. The molecular weight excluding hydrogens is 362 g/mol. The molecule has 0 saturated carbocycles. The smallest absolute Gasteiger partial charge is 0.156 e. The molecule has 6 heteroatoms. The van der Waals surface area contributed by atoms with Gasteiger partial charge >= 0.3 is 0 Å². The Hall–Kier alpha value is -2.86. The second kappa shape index (κ2) is 7.87. The molecule has 1 atom stereocenters. The van der Waals surface area contributed by atoms with Crippen molar-refractivity contribution in [3.05, 3.63) is 42.0 Å². The van der Waals surface area contributed by atoms with E-state index >= 15 is 0 Å². The van der Waals surface area contributed by atoms with Crippen LogP contribution in [0.25, 0.3) is 22.0 Å². The molecule has 1 aliphatic rings. The fourth-order valence-corrected chi connectivity index (χ4v) is 4.05. The van der Waals surface area contributed by atoms with Crippen molar-refractivity contribution in [3.63, 3.8) is 0 Å². The van der Waals surface area contributed by atoms with Crippen LogP contribution in [0.3, 0.4) is 0 Å². The van der Waals surface area contributed by atoms with Crippen molar-refractivity contribution in [1.82, 2.24) is 15.1 Å². The Morgan fingerprint density at radius 1 is 1.10 bits per heavy atom. The number of anilines is 2. The molecule has 2 heterocycles. The van der Waals surface area contributed by atoms with E-state index in [2.05, 4.69) is 50.6 Å². The predicted octanol–water partition coefficient (Wildman–Crippen LogP) is 3.88. The van der Waals surface area contributed by atoms with Crippen LogP contribution in [-0.2, 0) is 0 Å². The number of phenols is 1. The van der Waals surface area contributed by atoms with Crippen LogP contribution in [0.2, 0.25) is 0 Å². The molecule has 0 bridgehead atoms. The molecule has 4 rings (SSSR count). The van der Waals surface area contributed by atoms with Crippen LogP contribution in [0.5, 0.6) is 5.75 Å². The first-order valence-electron chi connectivity index (χ1n) is 10.1. The Bertz CT molecular complexity index is 1030. The number of fused-ring (bicyclic) bond motifs is 1. The van der Waals surface area contributed by atoms with Gasteiger partial charge in [0.25, 0.3) is 0 Å². The number of phenolic OH excluding ortho intramolecular Hbond substituents is 1. The molecular formula is C23H29N5O. The molecule has 2 N–H and O–H groups in total. The fraction of sp³-hybridized carbons (Fsp3) is 0.391. The van der Waals surface area contributed by atoms with Crippen molar-refractivity contribution in [2.75, 3.05) is 44.4 Å². The third kappa shape index (κ3) is 3.98. The lowest BCUT2D eigenvalue weighted by molar-refractivity contribution is 0.261. The van der Waals surface area contributed by atoms with Gasteiger partial charge in [0.05, 0.1) is 0 Å². The molecule has 0 unspecified atom stereocenters. The highest BCUT2D eigenvalue weighted by Crippen LogP contribution is 2.36. The molecule has 3 aromatic rings. The zero-order chi connectivity index (χ0) is 20.5. The summed E-state index contributed by atoms with van der Waals surface area (Å²) >= 11 is 0. The summed E-state index contributed by atoms with van der Waals surface area (Å²) in [6, 6.07) is 12.3. The normalized spacial score (nSPS) is 17.4. The van der Waals surface area contributed by atoms with Crippen LogP contribution in [0, 0.1) is 6.92 Å². The summed E-state index contributed by atoms with van der Waals surface area (Å²) in [6.45, 7) is 4.10. The minimum atomic E-state index is 0.229. The molecule has 0 aliphatic carbocycles. The van der Waals surface area contributed by atoms with Gasteiger partial charge in [-0.2, -0.15) is 0 Å². The van der Waals surface area contributed by atoms with Crippen LogP contribution in [-0.4, -0.2) is 60.5 Å². The Labute approximate surface area is 172 Å². The van der Waals surface area contributed by atoms with Crippen molar-refractivity contribution in [2.45, 2.75) is 25.8 Å². The Morgan fingerprint density at radius 3 is 2.66 bits per heavy atom. The van der Waals surface area contributed by atoms with Gasteiger partial charge in [-0.05, 0) is 69.3 Å². The number of nitrogens with one attached hydrogen (secondary N) is 1. The SMILES string of the molecule is Cc1ccc(-c2nnc(N[C@@H]3CCCN(C)C3)c3cc(N(C)C)ccc23)c(O)c1. The number of rotatable bonds is 4. The van der Waals surface area contributed by atoms with Crippen molar-refractivity contribution in [2.24, 2.45) is 0 Å². The molecule has 1 fully saturated rings. The number of nitrogens with zero attached hydrogens (tertiary/aromatic N) is 4. The minimum Gasteiger partial charge on any atom is -0.507 e. The molecule has 1 aliphatic heterocycles. The van der Waals surface area contributed by atoms with Gasteiger partial charge in [-0.3, -0.25) is 0 Å². The summed E-state index contributed by atoms with van der Waals surface area (Å²) in [6.07, 6.45) is 2.30. The van der Waals surface area contributed by atoms with Crippen molar-refractivity contribution in [1.29, 1.82) is 0 Å². The van der Waals surface area contributed by atoms with E-state index in [9.17, 15) is 5.11 Å². The zero-order valence-electron chi connectivity index (χ0n) is 17.6. The summed E-state index contributed by atoms with van der Waals surface area (Å²) in [4.78, 5) is 4.43. The number of benzene rings is 2. The summed E-state index contributed by atoms with van der Waals surface area (Å²) in [5.41, 5.74) is 3.52. The fourth-order valence-electron chi connectivity index (χ4n) is 4.05. The average Bonchev–Trinajstić information content (AvgIpc) is 2.68. The van der Waals surface area contributed by atoms with Gasteiger partial charge in [0.2, 0.25) is 0 Å². The molecule has 1 saturated heterocycles. The van der Waals surface area contributed by atoms with Gasteiger partial charge < -0.3 is 20.2 Å². The average molecular weight is 392 g/mol. The summed E-state index contributed by atoms with van der Waals surface area (Å²) < 4.78 is 0. The Kier molecular flexibility index (Phi) is 5.28. The molecule has 1 aromatic heterocycles. The maximum Gasteiger partial charge on any atom is 0.156 e. The van der Waals surface area contributed by atoms with Gasteiger partial charge in [0.15, 0.2) is 5.82 Å². The molecule has 0 spiro atoms. The van der Waals surface area contributed by atoms with E-state index in [0.29, 0.717) is 17.3 Å². The number of aromatic nitrogens is 2. The van der Waals surface area contributed by atoms with E-state index in [-0.39, 0.29) is 5.75 Å². The van der Waals surface area contributed by atoms with Crippen molar-refractivity contribution < 1.29 is 5.11 Å². The number of hydrogen-bond acceptors (Lipinski definition) is 6. The standard InChI is InChI=1S/C23H29N5O/c1-15-7-9-19(21(29)12-15)22-18-10-8-17(27(2)3)13-20(18)23(26-25-22)24-16-6-5-11-28(4)14-16/h7-10,12-13,16,29H,5-6,11,14H2,1-4H3,(H,24,26)/t16-/m1/s1. The lowest BCUT2D eigenvalue weighted by Crippen LogP contribution is -2.40. The highest BCUT2D eigenvalue weighted by Gasteiger charge is 2.20. The third-order valence-electron chi connectivity index (χ3n) is 5.65. The number of likely N-dealkylation sites (tertiary alicyclic amines) is 1. The Balaban J connectivity index is 1.83. The highest BCUT2D eigenvalue weighted by atomic mass is 16.3. The number of aryl methyl sites for hydroxylation is 1. The summed E-state index contributed by atoms with van der Waals surface area (Å²) in [5, 5.41) is 25.2. The van der Waals surface area contributed by atoms with Gasteiger partial charge in [-0.1, -0.05) is 6.07 Å². The largest absolute Gasteiger partial charge is 0.507 e. The van der Waals surface area contributed by atoms with Gasteiger partial charge in [0.1, 0.15) is 11.4 Å². The maximum atomic E-state index is 10.5. The first kappa shape index (κ1) is 19.5. The predicted molar refractivity (Wildman–Crippen MR) is 120 cm³/mol. The second-order valence-electron chi connectivity index (χ2n) is 8.29. The van der Waals surface area contributed by atoms with E-state index in [1.807, 2.05) is 33.2 Å². The molecule has 0 amide bonds. The first-order valence-corrected chi connectivity index (χ1v) is 10.1. The van der Waals surface area contributed by atoms with E-state index in [4.69, 9.17) is 0 Å². The van der Waals surface area contributed by atoms with Crippen LogP contribution >= 0.6 is 0 Å². The van der Waals surface area contributed by atoms with Crippen molar-refractivity contribution >= 4 is 22.3 Å². The van der Waals surface area contributed by atoms with Gasteiger partial charge in [-0.25, -0.2) is 0 Å². The van der Waals surface area contributed by atoms with Crippen LogP contribution < -0.4 is 10.2 Å².